The molecule has 2 atom stereocenters. The Morgan fingerprint density at radius 3 is 2.55 bits per heavy atom. The van der Waals surface area contributed by atoms with Crippen LogP contribution in [0.15, 0.2) is 36.4 Å². The summed E-state index contributed by atoms with van der Waals surface area (Å²) in [4.78, 5) is 26.7. The number of carbonyl (C=O) groups is 2. The molecule has 0 saturated heterocycles. The molecule has 3 rings (SSSR count). The van der Waals surface area contributed by atoms with Crippen LogP contribution in [0.1, 0.15) is 37.6 Å². The van der Waals surface area contributed by atoms with E-state index in [1.807, 2.05) is 50.2 Å². The predicted octanol–water partition coefficient (Wildman–Crippen LogP) is 3.10. The summed E-state index contributed by atoms with van der Waals surface area (Å²) in [6, 6.07) is 11.1. The highest BCUT2D eigenvalue weighted by Gasteiger charge is 2.35. The van der Waals surface area contributed by atoms with Crippen LogP contribution >= 0.6 is 0 Å². The van der Waals surface area contributed by atoms with E-state index >= 15 is 0 Å². The number of nitrogens with one attached hydrogen (secondary N) is 1. The SMILES string of the molecule is CC[C@@H](C)NC(=O)[C@@H](C)N1C(=O)c2cccc3cccc1c23. The molecule has 4 nitrogen and oxygen atoms in total. The molecule has 2 aromatic carbocycles. The van der Waals surface area contributed by atoms with E-state index in [0.29, 0.717) is 5.56 Å². The molecule has 2 aromatic rings. The first kappa shape index (κ1) is 14.6. The Balaban J connectivity index is 1.99. The maximum Gasteiger partial charge on any atom is 0.259 e. The van der Waals surface area contributed by atoms with Crippen molar-refractivity contribution in [2.24, 2.45) is 0 Å². The Morgan fingerprint density at radius 2 is 1.86 bits per heavy atom. The van der Waals surface area contributed by atoms with Crippen LogP contribution in [-0.4, -0.2) is 23.9 Å². The fourth-order valence-corrected chi connectivity index (χ4v) is 2.91. The summed E-state index contributed by atoms with van der Waals surface area (Å²) in [5.41, 5.74) is 1.50. The molecule has 0 radical (unpaired) electrons. The van der Waals surface area contributed by atoms with Gasteiger partial charge >= 0.3 is 0 Å². The van der Waals surface area contributed by atoms with Crippen LogP contribution in [0, 0.1) is 0 Å². The van der Waals surface area contributed by atoms with E-state index in [9.17, 15) is 9.59 Å². The lowest BCUT2D eigenvalue weighted by Gasteiger charge is -2.26. The molecule has 1 heterocycles. The molecule has 22 heavy (non-hydrogen) atoms. The fraction of sp³-hybridized carbons (Fsp3) is 0.333. The number of benzene rings is 2. The van der Waals surface area contributed by atoms with Gasteiger partial charge in [-0.05, 0) is 37.8 Å². The molecule has 0 bridgehead atoms. The molecule has 4 heteroatoms. The number of hydrogen-bond donors (Lipinski definition) is 1. The first-order valence-electron chi connectivity index (χ1n) is 7.70. The zero-order chi connectivity index (χ0) is 15.9. The molecule has 0 aromatic heterocycles. The van der Waals surface area contributed by atoms with Gasteiger partial charge in [-0.25, -0.2) is 0 Å². The van der Waals surface area contributed by atoms with Crippen LogP contribution in [0.4, 0.5) is 5.69 Å². The summed E-state index contributed by atoms with van der Waals surface area (Å²) in [5.74, 6) is -0.217. The van der Waals surface area contributed by atoms with E-state index in [1.165, 1.54) is 0 Å². The van der Waals surface area contributed by atoms with Crippen LogP contribution in [0.5, 0.6) is 0 Å². The normalized spacial score (nSPS) is 16.0. The van der Waals surface area contributed by atoms with Crippen molar-refractivity contribution in [3.8, 4) is 0 Å². The number of rotatable bonds is 4. The molecule has 0 unspecified atom stereocenters. The molecule has 1 aliphatic heterocycles. The van der Waals surface area contributed by atoms with Crippen molar-refractivity contribution >= 4 is 28.3 Å². The van der Waals surface area contributed by atoms with Crippen LogP contribution in [-0.2, 0) is 4.79 Å². The largest absolute Gasteiger partial charge is 0.352 e. The van der Waals surface area contributed by atoms with Crippen molar-refractivity contribution in [1.82, 2.24) is 5.32 Å². The van der Waals surface area contributed by atoms with Gasteiger partial charge < -0.3 is 5.32 Å². The molecule has 0 spiro atoms. The quantitative estimate of drug-likeness (QED) is 0.942. The second kappa shape index (κ2) is 5.44. The lowest BCUT2D eigenvalue weighted by Crippen LogP contribution is -2.48. The van der Waals surface area contributed by atoms with Gasteiger partial charge in [0, 0.05) is 17.0 Å². The Labute approximate surface area is 130 Å². The van der Waals surface area contributed by atoms with Gasteiger partial charge in [0.25, 0.3) is 5.91 Å². The van der Waals surface area contributed by atoms with Gasteiger partial charge in [-0.15, -0.1) is 0 Å². The Kier molecular flexibility index (Phi) is 3.61. The fourth-order valence-electron chi connectivity index (χ4n) is 2.91. The highest BCUT2D eigenvalue weighted by molar-refractivity contribution is 6.26. The van der Waals surface area contributed by atoms with Crippen LogP contribution in [0.3, 0.4) is 0 Å². The summed E-state index contributed by atoms with van der Waals surface area (Å²) in [7, 11) is 0. The summed E-state index contributed by atoms with van der Waals surface area (Å²) in [6.45, 7) is 5.76. The van der Waals surface area contributed by atoms with Gasteiger partial charge in [-0.1, -0.05) is 31.2 Å². The van der Waals surface area contributed by atoms with Crippen molar-refractivity contribution in [3.05, 3.63) is 42.0 Å². The third-order valence-corrected chi connectivity index (χ3v) is 4.36. The zero-order valence-corrected chi connectivity index (χ0v) is 13.1. The number of hydrogen-bond acceptors (Lipinski definition) is 2. The van der Waals surface area contributed by atoms with Crippen LogP contribution in [0.25, 0.3) is 10.8 Å². The van der Waals surface area contributed by atoms with E-state index in [1.54, 1.807) is 11.8 Å². The van der Waals surface area contributed by atoms with Gasteiger partial charge in [0.2, 0.25) is 5.91 Å². The number of nitrogens with zero attached hydrogens (tertiary/aromatic N) is 1. The first-order valence-corrected chi connectivity index (χ1v) is 7.70. The molecule has 1 aliphatic rings. The number of amides is 2. The van der Waals surface area contributed by atoms with E-state index in [4.69, 9.17) is 0 Å². The highest BCUT2D eigenvalue weighted by atomic mass is 16.2. The average Bonchev–Trinajstić information content (AvgIpc) is 2.81. The van der Waals surface area contributed by atoms with Crippen LogP contribution in [0.2, 0.25) is 0 Å². The predicted molar refractivity (Wildman–Crippen MR) is 88.1 cm³/mol. The second-order valence-electron chi connectivity index (χ2n) is 5.85. The number of carbonyl (C=O) groups excluding carboxylic acids is 2. The molecule has 114 valence electrons. The summed E-state index contributed by atoms with van der Waals surface area (Å²) in [5, 5.41) is 4.92. The van der Waals surface area contributed by atoms with E-state index in [-0.39, 0.29) is 17.9 Å². The Morgan fingerprint density at radius 1 is 1.18 bits per heavy atom. The van der Waals surface area contributed by atoms with Crippen molar-refractivity contribution in [2.75, 3.05) is 4.90 Å². The van der Waals surface area contributed by atoms with Gasteiger partial charge in [-0.2, -0.15) is 0 Å². The lowest BCUT2D eigenvalue weighted by atomic mass is 10.1. The van der Waals surface area contributed by atoms with Crippen molar-refractivity contribution in [1.29, 1.82) is 0 Å². The Hall–Kier alpha value is -2.36. The minimum atomic E-state index is -0.528. The smallest absolute Gasteiger partial charge is 0.259 e. The molecular formula is C18H20N2O2. The van der Waals surface area contributed by atoms with Crippen molar-refractivity contribution < 1.29 is 9.59 Å². The van der Waals surface area contributed by atoms with Crippen LogP contribution < -0.4 is 10.2 Å². The molecule has 0 fully saturated rings. The molecule has 0 aliphatic carbocycles. The van der Waals surface area contributed by atoms with Crippen molar-refractivity contribution in [2.45, 2.75) is 39.3 Å². The van der Waals surface area contributed by atoms with E-state index in [0.717, 1.165) is 22.9 Å². The monoisotopic (exact) mass is 296 g/mol. The maximum absolute atomic E-state index is 12.7. The summed E-state index contributed by atoms with van der Waals surface area (Å²) >= 11 is 0. The molecule has 1 N–H and O–H groups in total. The molecule has 0 saturated carbocycles. The first-order chi connectivity index (χ1) is 10.5. The second-order valence-corrected chi connectivity index (χ2v) is 5.85. The highest BCUT2D eigenvalue weighted by Crippen LogP contribution is 2.38. The van der Waals surface area contributed by atoms with Gasteiger partial charge in [-0.3, -0.25) is 14.5 Å². The van der Waals surface area contributed by atoms with Gasteiger partial charge in [0.1, 0.15) is 6.04 Å². The number of anilines is 1. The zero-order valence-electron chi connectivity index (χ0n) is 13.1. The summed E-state index contributed by atoms with van der Waals surface area (Å²) in [6.07, 6.45) is 0.863. The molecule has 2 amide bonds. The topological polar surface area (TPSA) is 49.4 Å². The Bertz CT molecular complexity index is 749. The van der Waals surface area contributed by atoms with Gasteiger partial charge in [0.05, 0.1) is 5.69 Å². The molecular weight excluding hydrogens is 276 g/mol. The third kappa shape index (κ3) is 2.15. The van der Waals surface area contributed by atoms with E-state index in [2.05, 4.69) is 5.32 Å². The minimum Gasteiger partial charge on any atom is -0.352 e. The standard InChI is InChI=1S/C18H20N2O2/c1-4-11(2)19-17(21)12(3)20-15-10-6-8-13-7-5-9-14(16(13)15)18(20)22/h5-12H,4H2,1-3H3,(H,19,21)/t11-,12-/m1/s1. The maximum atomic E-state index is 12.7. The average molecular weight is 296 g/mol. The van der Waals surface area contributed by atoms with Gasteiger partial charge in [0.15, 0.2) is 0 Å². The van der Waals surface area contributed by atoms with E-state index < -0.39 is 6.04 Å². The third-order valence-electron chi connectivity index (χ3n) is 4.36. The summed E-state index contributed by atoms with van der Waals surface area (Å²) < 4.78 is 0. The minimum absolute atomic E-state index is 0.0985. The lowest BCUT2D eigenvalue weighted by molar-refractivity contribution is -0.122. The van der Waals surface area contributed by atoms with Crippen molar-refractivity contribution in [3.63, 3.8) is 0 Å².